The lowest BCUT2D eigenvalue weighted by Gasteiger charge is -2.26. The molecule has 0 unspecified atom stereocenters. The molecule has 8 amide bonds. The molecule has 3 heterocycles. The van der Waals surface area contributed by atoms with Crippen LogP contribution in [-0.2, 0) is 60.9 Å². The monoisotopic (exact) mass is 979 g/mol. The minimum atomic E-state index is -1.40. The van der Waals surface area contributed by atoms with Gasteiger partial charge in [-0.05, 0) is 82.2 Å². The normalized spacial score (nSPS) is 21.2. The first-order valence-electron chi connectivity index (χ1n) is 22.9. The zero-order chi connectivity index (χ0) is 50.1. The van der Waals surface area contributed by atoms with Crippen molar-refractivity contribution in [2.75, 3.05) is 5.75 Å². The number of thiophene rings is 1. The van der Waals surface area contributed by atoms with Gasteiger partial charge in [0, 0.05) is 55.5 Å². The third-order valence-corrected chi connectivity index (χ3v) is 13.6. The summed E-state index contributed by atoms with van der Waals surface area (Å²) >= 11 is 2.73. The highest BCUT2D eigenvalue weighted by Gasteiger charge is 2.34. The highest BCUT2D eigenvalue weighted by atomic mass is 32.2. The summed E-state index contributed by atoms with van der Waals surface area (Å²) in [6.45, 7) is 8.42. The minimum absolute atomic E-state index is 0.00976. The van der Waals surface area contributed by atoms with Gasteiger partial charge in [0.2, 0.25) is 47.3 Å². The van der Waals surface area contributed by atoms with Gasteiger partial charge in [-0.1, -0.05) is 44.2 Å². The van der Waals surface area contributed by atoms with Crippen LogP contribution in [0.1, 0.15) is 98.0 Å². The van der Waals surface area contributed by atoms with Crippen molar-refractivity contribution in [3.8, 4) is 0 Å². The van der Waals surface area contributed by atoms with Gasteiger partial charge in [-0.3, -0.25) is 43.2 Å². The number of nitrogens with zero attached hydrogens (tertiary/aromatic N) is 1. The van der Waals surface area contributed by atoms with Crippen LogP contribution >= 0.6 is 23.1 Å². The lowest BCUT2D eigenvalue weighted by atomic mass is 9.88. The fourth-order valence-corrected chi connectivity index (χ4v) is 9.88. The molecule has 0 spiro atoms. The van der Waals surface area contributed by atoms with E-state index in [0.717, 1.165) is 20.7 Å². The summed E-state index contributed by atoms with van der Waals surface area (Å²) in [4.78, 5) is 132. The number of hydrogen-bond donors (Lipinski definition) is 8. The van der Waals surface area contributed by atoms with Crippen LogP contribution in [0.3, 0.4) is 0 Å². The quantitative estimate of drug-likeness (QED) is 0.103. The van der Waals surface area contributed by atoms with Gasteiger partial charge in [0.1, 0.15) is 36.0 Å². The zero-order valence-electron chi connectivity index (χ0n) is 39.2. The molecule has 4 rings (SSSR count). The molecule has 1 aliphatic rings. The third kappa shape index (κ3) is 17.2. The number of rotatable bonds is 16. The average Bonchev–Trinajstić information content (AvgIpc) is 3.87. The summed E-state index contributed by atoms with van der Waals surface area (Å²) in [6, 6.07) is 3.60. The molecule has 21 heteroatoms. The number of amides is 8. The molecule has 10 N–H and O–H groups in total. The first kappa shape index (κ1) is 54.5. The molecule has 2 aromatic heterocycles. The number of primary amides is 2. The van der Waals surface area contributed by atoms with E-state index in [-0.39, 0.29) is 62.4 Å². The number of thioether (sulfide) groups is 1. The van der Waals surface area contributed by atoms with Gasteiger partial charge >= 0.3 is 0 Å². The Bertz CT molecular complexity index is 2300. The predicted molar refractivity (Wildman–Crippen MR) is 258 cm³/mol. The van der Waals surface area contributed by atoms with Gasteiger partial charge in [-0.25, -0.2) is 0 Å². The SMILES string of the molecule is CC(=O)CCC(=O)N[C@@H](C)C(=O)N[C@@H](CCC(N)=O)C(=O)N[C@H]1CSc2c3sccc3cn2CCCC[C@@H](C(N)=O)NC(=O)[C@H](CC(C)C)CC(=O)[C@H](Cc2ccccc2)NC(=O)[C@H](C)NC1=O. The summed E-state index contributed by atoms with van der Waals surface area (Å²) < 4.78 is 2.91. The lowest BCUT2D eigenvalue weighted by Crippen LogP contribution is -2.59. The van der Waals surface area contributed by atoms with E-state index in [2.05, 4.69) is 31.9 Å². The van der Waals surface area contributed by atoms with E-state index in [0.29, 0.717) is 25.8 Å². The molecule has 0 saturated heterocycles. The first-order valence-corrected chi connectivity index (χ1v) is 24.7. The van der Waals surface area contributed by atoms with E-state index in [1.165, 1.54) is 43.9 Å². The number of Topliss-reactive ketones (excluding diaryl/α,β-unsaturated/α-hetero) is 2. The number of carbonyl (C=O) groups excluding carboxylic acids is 10. The van der Waals surface area contributed by atoms with E-state index < -0.39 is 95.2 Å². The molecular formula is C47H65N9O10S2. The van der Waals surface area contributed by atoms with Crippen LogP contribution < -0.4 is 43.4 Å². The molecular weight excluding hydrogens is 915 g/mol. The van der Waals surface area contributed by atoms with Gasteiger partial charge < -0.3 is 52.7 Å². The van der Waals surface area contributed by atoms with Crippen molar-refractivity contribution in [3.63, 3.8) is 0 Å². The van der Waals surface area contributed by atoms with Crippen LogP contribution in [0.15, 0.2) is 53.0 Å². The van der Waals surface area contributed by atoms with Gasteiger partial charge in [0.05, 0.1) is 15.8 Å². The molecule has 7 atom stereocenters. The second kappa shape index (κ2) is 26.5. The Hall–Kier alpha value is -6.09. The predicted octanol–water partition coefficient (Wildman–Crippen LogP) is 1.91. The lowest BCUT2D eigenvalue weighted by molar-refractivity contribution is -0.135. The summed E-state index contributed by atoms with van der Waals surface area (Å²) in [5, 5.41) is 19.6. The summed E-state index contributed by atoms with van der Waals surface area (Å²) in [5.74, 6) is -7.27. The largest absolute Gasteiger partial charge is 0.370 e. The number of benzene rings is 1. The van der Waals surface area contributed by atoms with Crippen LogP contribution in [0.5, 0.6) is 0 Å². The molecule has 0 radical (unpaired) electrons. The number of fused-ring (bicyclic) bond motifs is 3. The molecule has 1 aromatic carbocycles. The number of aromatic nitrogens is 1. The van der Waals surface area contributed by atoms with Gasteiger partial charge in [0.15, 0.2) is 5.78 Å². The highest BCUT2D eigenvalue weighted by Crippen LogP contribution is 2.35. The second-order valence-electron chi connectivity index (χ2n) is 17.7. The molecule has 19 nitrogen and oxygen atoms in total. The highest BCUT2D eigenvalue weighted by molar-refractivity contribution is 7.99. The van der Waals surface area contributed by atoms with E-state index in [9.17, 15) is 47.9 Å². The Morgan fingerprint density at radius 1 is 0.853 bits per heavy atom. The molecule has 370 valence electrons. The average molecular weight is 980 g/mol. The van der Waals surface area contributed by atoms with Crippen molar-refractivity contribution >= 4 is 92.0 Å². The van der Waals surface area contributed by atoms with Gasteiger partial charge in [0.25, 0.3) is 0 Å². The van der Waals surface area contributed by atoms with Crippen LogP contribution in [0.4, 0.5) is 0 Å². The van der Waals surface area contributed by atoms with Crippen molar-refractivity contribution in [1.29, 1.82) is 0 Å². The van der Waals surface area contributed by atoms with Crippen molar-refractivity contribution in [3.05, 3.63) is 53.5 Å². The summed E-state index contributed by atoms with van der Waals surface area (Å²) in [6.07, 6.45) is 2.59. The molecule has 0 saturated carbocycles. The van der Waals surface area contributed by atoms with Crippen LogP contribution in [0, 0.1) is 11.8 Å². The maximum absolute atomic E-state index is 14.3. The fraction of sp³-hybridized carbons (Fsp3) is 0.532. The van der Waals surface area contributed by atoms with Crippen molar-refractivity contribution in [1.82, 2.24) is 36.5 Å². The van der Waals surface area contributed by atoms with Crippen LogP contribution in [0.2, 0.25) is 0 Å². The second-order valence-corrected chi connectivity index (χ2v) is 19.6. The zero-order valence-corrected chi connectivity index (χ0v) is 40.9. The maximum atomic E-state index is 14.3. The molecule has 68 heavy (non-hydrogen) atoms. The Morgan fingerprint density at radius 2 is 1.57 bits per heavy atom. The van der Waals surface area contributed by atoms with E-state index in [1.54, 1.807) is 30.3 Å². The standard InChI is InChI=1S/C47H65N9O10S2/c1-26(2)21-32-23-37(58)35(22-30-11-7-6-8-12-30)54-43(63)29(5)51-46(66)36(55-45(65)34(15-16-38(48)59)53-42(62)28(4)50-39(60)17-14-27(3)57)25-68-47-40-31(18-20-67-40)24-56(47)19-10-9-13-33(41(49)61)52-44(32)64/h6-8,11-12,18,20,24,26,28-29,32-36H,9-10,13-17,19,21-23,25H2,1-5H3,(H2,48,59)(H2,49,61)(H,50,60)(H,51,66)(H,52,64)(H,53,62)(H,54,63)(H,55,65)/t28-,29-,32+,33-,34-,35-,36-/m0/s1. The summed E-state index contributed by atoms with van der Waals surface area (Å²) in [5.41, 5.74) is 11.9. The number of nitrogens with two attached hydrogens (primary N) is 2. The van der Waals surface area contributed by atoms with Gasteiger partial charge in [-0.2, -0.15) is 0 Å². The Labute approximate surface area is 404 Å². The minimum Gasteiger partial charge on any atom is -0.370 e. The number of hydrogen-bond acceptors (Lipinski definition) is 12. The molecule has 0 bridgehead atoms. The van der Waals surface area contributed by atoms with Crippen LogP contribution in [0.25, 0.3) is 10.1 Å². The maximum Gasteiger partial charge on any atom is 0.244 e. The van der Waals surface area contributed by atoms with Crippen molar-refractivity contribution < 1.29 is 47.9 Å². The number of ketones is 2. The Balaban J connectivity index is 1.69. The van der Waals surface area contributed by atoms with Crippen molar-refractivity contribution in [2.24, 2.45) is 23.3 Å². The smallest absolute Gasteiger partial charge is 0.244 e. The third-order valence-electron chi connectivity index (χ3n) is 11.4. The number of nitrogens with one attached hydrogen (secondary N) is 6. The number of carbonyl (C=O) groups is 10. The molecule has 0 fully saturated rings. The van der Waals surface area contributed by atoms with Crippen molar-refractivity contribution in [2.45, 2.75) is 147 Å². The van der Waals surface area contributed by atoms with E-state index in [4.69, 9.17) is 11.5 Å². The van der Waals surface area contributed by atoms with Crippen LogP contribution in [-0.4, -0.2) is 105 Å². The molecule has 1 aliphatic heterocycles. The topological polar surface area (TPSA) is 300 Å². The Kier molecular flexibility index (Phi) is 21.2. The van der Waals surface area contributed by atoms with Gasteiger partial charge in [-0.15, -0.1) is 23.1 Å². The molecule has 0 aliphatic carbocycles. The molecule has 3 aromatic rings. The van der Waals surface area contributed by atoms with E-state index in [1.807, 2.05) is 36.1 Å². The fourth-order valence-electron chi connectivity index (χ4n) is 7.62. The summed E-state index contributed by atoms with van der Waals surface area (Å²) in [7, 11) is 0. The number of aryl methyl sites for hydroxylation is 1. The first-order chi connectivity index (χ1) is 32.2. The van der Waals surface area contributed by atoms with E-state index >= 15 is 0 Å². The Morgan fingerprint density at radius 3 is 2.24 bits per heavy atom.